The van der Waals surface area contributed by atoms with Gasteiger partial charge in [-0.15, -0.1) is 0 Å². The van der Waals surface area contributed by atoms with E-state index in [1.54, 1.807) is 6.07 Å². The summed E-state index contributed by atoms with van der Waals surface area (Å²) in [7, 11) is 0. The molecule has 1 aliphatic carbocycles. The van der Waals surface area contributed by atoms with Crippen LogP contribution in [0.4, 0.5) is 0 Å². The first-order chi connectivity index (χ1) is 7.66. The Kier molecular flexibility index (Phi) is 3.45. The topological polar surface area (TPSA) is 17.1 Å². The molecule has 0 radical (unpaired) electrons. The lowest BCUT2D eigenvalue weighted by Crippen LogP contribution is -2.06. The summed E-state index contributed by atoms with van der Waals surface area (Å²) in [5, 5.41) is 0.639. The zero-order valence-electron chi connectivity index (χ0n) is 9.42. The summed E-state index contributed by atoms with van der Waals surface area (Å²) in [5.41, 5.74) is 2.71. The number of aryl methyl sites for hydroxylation is 1. The normalized spacial score (nSPS) is 15.8. The summed E-state index contributed by atoms with van der Waals surface area (Å²) < 4.78 is 0. The second-order valence-electron chi connectivity index (χ2n) is 4.32. The largest absolute Gasteiger partial charge is 0.289 e. The minimum Gasteiger partial charge on any atom is -0.289 e. The molecule has 0 saturated heterocycles. The zero-order chi connectivity index (χ0) is 11.5. The van der Waals surface area contributed by atoms with Gasteiger partial charge in [0.2, 0.25) is 0 Å². The standard InChI is InChI=1S/C14H15ClO/c1-10-7-12(9-13(15)8-10)14(16)11-5-3-2-4-6-11/h5,7-9H,2-4,6H2,1H3. The summed E-state index contributed by atoms with van der Waals surface area (Å²) in [5.74, 6) is 0.144. The molecule has 1 nitrogen and oxygen atoms in total. The van der Waals surface area contributed by atoms with E-state index >= 15 is 0 Å². The highest BCUT2D eigenvalue weighted by molar-refractivity contribution is 6.31. The van der Waals surface area contributed by atoms with Crippen LogP contribution >= 0.6 is 11.6 Å². The number of allylic oxidation sites excluding steroid dienone is 2. The molecule has 2 heteroatoms. The quantitative estimate of drug-likeness (QED) is 0.696. The van der Waals surface area contributed by atoms with Gasteiger partial charge in [0.25, 0.3) is 0 Å². The van der Waals surface area contributed by atoms with Gasteiger partial charge < -0.3 is 0 Å². The number of rotatable bonds is 2. The molecular weight excluding hydrogens is 220 g/mol. The average molecular weight is 235 g/mol. The highest BCUT2D eigenvalue weighted by Gasteiger charge is 2.14. The van der Waals surface area contributed by atoms with Crippen molar-refractivity contribution in [2.45, 2.75) is 32.6 Å². The third-order valence-electron chi connectivity index (χ3n) is 2.89. The van der Waals surface area contributed by atoms with Crippen molar-refractivity contribution in [2.24, 2.45) is 0 Å². The Morgan fingerprint density at radius 1 is 1.25 bits per heavy atom. The van der Waals surface area contributed by atoms with E-state index < -0.39 is 0 Å². The van der Waals surface area contributed by atoms with Gasteiger partial charge in [-0.25, -0.2) is 0 Å². The predicted molar refractivity (Wildman–Crippen MR) is 67.1 cm³/mol. The van der Waals surface area contributed by atoms with Crippen LogP contribution in [-0.4, -0.2) is 5.78 Å². The summed E-state index contributed by atoms with van der Waals surface area (Å²) in [6, 6.07) is 5.53. The smallest absolute Gasteiger partial charge is 0.188 e. The predicted octanol–water partition coefficient (Wildman–Crippen LogP) is 4.33. The second-order valence-corrected chi connectivity index (χ2v) is 4.76. The number of hydrogen-bond acceptors (Lipinski definition) is 1. The van der Waals surface area contributed by atoms with Crippen molar-refractivity contribution in [2.75, 3.05) is 0 Å². The maximum Gasteiger partial charge on any atom is 0.188 e. The van der Waals surface area contributed by atoms with Crippen molar-refractivity contribution in [1.29, 1.82) is 0 Å². The number of benzene rings is 1. The lowest BCUT2D eigenvalue weighted by molar-refractivity contribution is 0.102. The molecule has 0 spiro atoms. The Morgan fingerprint density at radius 2 is 2.06 bits per heavy atom. The fourth-order valence-corrected chi connectivity index (χ4v) is 2.39. The maximum atomic E-state index is 12.2. The van der Waals surface area contributed by atoms with Gasteiger partial charge in [0.1, 0.15) is 0 Å². The van der Waals surface area contributed by atoms with Crippen molar-refractivity contribution >= 4 is 17.4 Å². The Morgan fingerprint density at radius 3 is 2.69 bits per heavy atom. The van der Waals surface area contributed by atoms with Crippen LogP contribution in [0.5, 0.6) is 0 Å². The lowest BCUT2D eigenvalue weighted by atomic mass is 9.92. The van der Waals surface area contributed by atoms with Crippen molar-refractivity contribution in [3.05, 3.63) is 46.0 Å². The van der Waals surface area contributed by atoms with E-state index in [-0.39, 0.29) is 5.78 Å². The van der Waals surface area contributed by atoms with Crippen LogP contribution in [-0.2, 0) is 0 Å². The summed E-state index contributed by atoms with van der Waals surface area (Å²) in [6.07, 6.45) is 6.33. The van der Waals surface area contributed by atoms with Crippen LogP contribution in [0.25, 0.3) is 0 Å². The first kappa shape index (κ1) is 11.4. The van der Waals surface area contributed by atoms with E-state index in [0.717, 1.165) is 36.0 Å². The van der Waals surface area contributed by atoms with E-state index in [2.05, 4.69) is 6.08 Å². The van der Waals surface area contributed by atoms with Crippen molar-refractivity contribution < 1.29 is 4.79 Å². The molecule has 1 aromatic rings. The molecule has 0 heterocycles. The van der Waals surface area contributed by atoms with Gasteiger partial charge in [-0.05, 0) is 61.9 Å². The number of Topliss-reactive ketones (excluding diaryl/α,β-unsaturated/α-hetero) is 1. The summed E-state index contributed by atoms with van der Waals surface area (Å²) >= 11 is 5.96. The third-order valence-corrected chi connectivity index (χ3v) is 3.11. The van der Waals surface area contributed by atoms with Gasteiger partial charge in [-0.2, -0.15) is 0 Å². The number of carbonyl (C=O) groups excluding carboxylic acids is 1. The number of carbonyl (C=O) groups is 1. The van der Waals surface area contributed by atoms with Crippen molar-refractivity contribution in [3.63, 3.8) is 0 Å². The van der Waals surface area contributed by atoms with E-state index in [1.165, 1.54) is 6.42 Å². The molecule has 0 unspecified atom stereocenters. The molecule has 84 valence electrons. The van der Waals surface area contributed by atoms with Crippen molar-refractivity contribution in [1.82, 2.24) is 0 Å². The molecule has 0 aliphatic heterocycles. The Bertz CT molecular complexity index is 426. The van der Waals surface area contributed by atoms with Gasteiger partial charge in [0.05, 0.1) is 0 Å². The van der Waals surface area contributed by atoms with Gasteiger partial charge in [-0.1, -0.05) is 17.7 Å². The van der Waals surface area contributed by atoms with Gasteiger partial charge >= 0.3 is 0 Å². The fourth-order valence-electron chi connectivity index (χ4n) is 2.10. The van der Waals surface area contributed by atoms with E-state index in [9.17, 15) is 4.79 Å². The molecule has 0 amide bonds. The van der Waals surface area contributed by atoms with Gasteiger partial charge in [0.15, 0.2) is 5.78 Å². The molecule has 0 atom stereocenters. The van der Waals surface area contributed by atoms with Gasteiger partial charge in [0, 0.05) is 10.6 Å². The summed E-state index contributed by atoms with van der Waals surface area (Å²) in [6.45, 7) is 1.96. The van der Waals surface area contributed by atoms with Crippen LogP contribution in [0, 0.1) is 6.92 Å². The fraction of sp³-hybridized carbons (Fsp3) is 0.357. The molecular formula is C14H15ClO. The minimum atomic E-state index is 0.144. The van der Waals surface area contributed by atoms with E-state index in [1.807, 2.05) is 19.1 Å². The summed E-state index contributed by atoms with van der Waals surface area (Å²) in [4.78, 5) is 12.2. The first-order valence-corrected chi connectivity index (χ1v) is 6.05. The SMILES string of the molecule is Cc1cc(Cl)cc(C(=O)C2=CCCCC2)c1. The third kappa shape index (κ3) is 2.53. The molecule has 1 aromatic carbocycles. The molecule has 0 N–H and O–H groups in total. The van der Waals surface area contributed by atoms with E-state index in [0.29, 0.717) is 5.02 Å². The second kappa shape index (κ2) is 4.84. The Hall–Kier alpha value is -1.08. The lowest BCUT2D eigenvalue weighted by Gasteiger charge is -2.12. The van der Waals surface area contributed by atoms with Crippen molar-refractivity contribution in [3.8, 4) is 0 Å². The molecule has 2 rings (SSSR count). The molecule has 0 bridgehead atoms. The Balaban J connectivity index is 2.29. The molecule has 0 saturated carbocycles. The van der Waals surface area contributed by atoms with Gasteiger partial charge in [-0.3, -0.25) is 4.79 Å². The first-order valence-electron chi connectivity index (χ1n) is 5.68. The molecule has 0 fully saturated rings. The number of hydrogen-bond donors (Lipinski definition) is 0. The maximum absolute atomic E-state index is 12.2. The van der Waals surface area contributed by atoms with Crippen LogP contribution < -0.4 is 0 Å². The Labute approximate surface area is 101 Å². The average Bonchev–Trinajstić information content (AvgIpc) is 2.28. The highest BCUT2D eigenvalue weighted by Crippen LogP contribution is 2.23. The zero-order valence-corrected chi connectivity index (χ0v) is 10.2. The molecule has 16 heavy (non-hydrogen) atoms. The molecule has 1 aliphatic rings. The number of halogens is 1. The van der Waals surface area contributed by atoms with Crippen LogP contribution in [0.3, 0.4) is 0 Å². The highest BCUT2D eigenvalue weighted by atomic mass is 35.5. The molecule has 0 aromatic heterocycles. The van der Waals surface area contributed by atoms with E-state index in [4.69, 9.17) is 11.6 Å². The number of ketones is 1. The minimum absolute atomic E-state index is 0.144. The van der Waals surface area contributed by atoms with Crippen LogP contribution in [0.2, 0.25) is 5.02 Å². The van der Waals surface area contributed by atoms with Crippen LogP contribution in [0.1, 0.15) is 41.6 Å². The van der Waals surface area contributed by atoms with Crippen LogP contribution in [0.15, 0.2) is 29.8 Å². The monoisotopic (exact) mass is 234 g/mol.